The van der Waals surface area contributed by atoms with E-state index in [1.807, 2.05) is 18.7 Å². The van der Waals surface area contributed by atoms with Crippen LogP contribution in [0.3, 0.4) is 0 Å². The molecule has 1 heterocycles. The summed E-state index contributed by atoms with van der Waals surface area (Å²) in [7, 11) is 0. The molecule has 2 unspecified atom stereocenters. The first kappa shape index (κ1) is 12.5. The van der Waals surface area contributed by atoms with Crippen molar-refractivity contribution in [1.82, 2.24) is 4.90 Å². The molecular weight excluding hydrogens is 192 g/mol. The molecule has 1 fully saturated rings. The number of carbonyl (C=O) groups excluding carboxylic acids is 1. The second-order valence-corrected chi connectivity index (χ2v) is 4.63. The monoisotopic (exact) mass is 214 g/mol. The Labute approximate surface area is 91.8 Å². The molecule has 0 spiro atoms. The molecule has 0 aromatic rings. The van der Waals surface area contributed by atoms with Crippen LogP contribution < -0.4 is 5.73 Å². The number of rotatable bonds is 3. The second-order valence-electron chi connectivity index (χ2n) is 4.63. The average molecular weight is 214 g/mol. The van der Waals surface area contributed by atoms with E-state index >= 15 is 0 Å². The van der Waals surface area contributed by atoms with Gasteiger partial charge in [0.2, 0.25) is 5.91 Å². The maximum absolute atomic E-state index is 11.7. The lowest BCUT2D eigenvalue weighted by molar-refractivity contribution is -0.139. The lowest BCUT2D eigenvalue weighted by Crippen LogP contribution is -2.49. The maximum atomic E-state index is 11.7. The van der Waals surface area contributed by atoms with Gasteiger partial charge in [-0.25, -0.2) is 0 Å². The number of hydrogen-bond donors (Lipinski definition) is 1. The highest BCUT2D eigenvalue weighted by Crippen LogP contribution is 2.14. The van der Waals surface area contributed by atoms with Gasteiger partial charge < -0.3 is 15.4 Å². The summed E-state index contributed by atoms with van der Waals surface area (Å²) in [6.45, 7) is 7.68. The van der Waals surface area contributed by atoms with Gasteiger partial charge in [-0.3, -0.25) is 4.79 Å². The normalized spacial score (nSPS) is 27.1. The topological polar surface area (TPSA) is 55.6 Å². The van der Waals surface area contributed by atoms with E-state index in [2.05, 4.69) is 6.92 Å². The molecule has 1 rings (SSSR count). The predicted octanol–water partition coefficient (Wildman–Crippen LogP) is 0.607. The zero-order valence-corrected chi connectivity index (χ0v) is 9.90. The Morgan fingerprint density at radius 3 is 2.80 bits per heavy atom. The average Bonchev–Trinajstić information content (AvgIpc) is 2.18. The van der Waals surface area contributed by atoms with E-state index in [0.29, 0.717) is 5.92 Å². The minimum atomic E-state index is 0.0856. The number of piperidine rings is 1. The molecule has 1 aliphatic heterocycles. The second kappa shape index (κ2) is 5.47. The Balaban J connectivity index is 2.34. The smallest absolute Gasteiger partial charge is 0.248 e. The maximum Gasteiger partial charge on any atom is 0.248 e. The molecule has 0 aliphatic carbocycles. The molecule has 2 atom stereocenters. The zero-order valence-electron chi connectivity index (χ0n) is 9.90. The van der Waals surface area contributed by atoms with Gasteiger partial charge in [0.05, 0.1) is 6.10 Å². The molecule has 0 aromatic carbocycles. The van der Waals surface area contributed by atoms with Crippen molar-refractivity contribution in [1.29, 1.82) is 0 Å². The molecule has 0 saturated carbocycles. The van der Waals surface area contributed by atoms with Crippen LogP contribution in [0.1, 0.15) is 27.2 Å². The van der Waals surface area contributed by atoms with Gasteiger partial charge in [-0.05, 0) is 26.2 Å². The third kappa shape index (κ3) is 3.80. The number of nitrogens with zero attached hydrogens (tertiary/aromatic N) is 1. The van der Waals surface area contributed by atoms with Crippen LogP contribution in [0.15, 0.2) is 0 Å². The summed E-state index contributed by atoms with van der Waals surface area (Å²) in [5, 5.41) is 0. The van der Waals surface area contributed by atoms with Crippen LogP contribution in [0.25, 0.3) is 0 Å². The minimum absolute atomic E-state index is 0.0856. The third-order valence-corrected chi connectivity index (χ3v) is 2.86. The van der Waals surface area contributed by atoms with Gasteiger partial charge in [-0.15, -0.1) is 0 Å². The standard InChI is InChI=1S/C11H22N2O2/c1-8(2)15-7-11(14)13-5-4-10(12)9(3)6-13/h8-10H,4-7,12H2,1-3H3. The quantitative estimate of drug-likeness (QED) is 0.749. The van der Waals surface area contributed by atoms with Crippen molar-refractivity contribution >= 4 is 5.91 Å². The van der Waals surface area contributed by atoms with Gasteiger partial charge in [-0.2, -0.15) is 0 Å². The first-order valence-electron chi connectivity index (χ1n) is 5.65. The number of ether oxygens (including phenoxy) is 1. The van der Waals surface area contributed by atoms with Crippen molar-refractivity contribution in [3.8, 4) is 0 Å². The summed E-state index contributed by atoms with van der Waals surface area (Å²) >= 11 is 0. The van der Waals surface area contributed by atoms with Crippen molar-refractivity contribution in [2.75, 3.05) is 19.7 Å². The molecule has 0 radical (unpaired) electrons. The van der Waals surface area contributed by atoms with Crippen molar-refractivity contribution in [3.05, 3.63) is 0 Å². The molecule has 1 amide bonds. The highest BCUT2D eigenvalue weighted by molar-refractivity contribution is 5.77. The first-order valence-corrected chi connectivity index (χ1v) is 5.65. The summed E-state index contributed by atoms with van der Waals surface area (Å²) in [5.41, 5.74) is 5.89. The highest BCUT2D eigenvalue weighted by Gasteiger charge is 2.26. The minimum Gasteiger partial charge on any atom is -0.369 e. The van der Waals surface area contributed by atoms with Gasteiger partial charge in [-0.1, -0.05) is 6.92 Å². The summed E-state index contributed by atoms with van der Waals surface area (Å²) in [6, 6.07) is 0.236. The van der Waals surface area contributed by atoms with Crippen LogP contribution in [0.2, 0.25) is 0 Å². The van der Waals surface area contributed by atoms with Gasteiger partial charge >= 0.3 is 0 Å². The Morgan fingerprint density at radius 2 is 2.27 bits per heavy atom. The summed E-state index contributed by atoms with van der Waals surface area (Å²) in [6.07, 6.45) is 1.01. The van der Waals surface area contributed by atoms with E-state index in [9.17, 15) is 4.79 Å². The third-order valence-electron chi connectivity index (χ3n) is 2.86. The molecule has 0 aromatic heterocycles. The molecule has 2 N–H and O–H groups in total. The van der Waals surface area contributed by atoms with E-state index in [1.165, 1.54) is 0 Å². The fraction of sp³-hybridized carbons (Fsp3) is 0.909. The number of hydrogen-bond acceptors (Lipinski definition) is 3. The van der Waals surface area contributed by atoms with Crippen LogP contribution in [0.4, 0.5) is 0 Å². The Kier molecular flexibility index (Phi) is 4.54. The number of nitrogens with two attached hydrogens (primary N) is 1. The van der Waals surface area contributed by atoms with Gasteiger partial charge in [0.1, 0.15) is 6.61 Å². The molecule has 15 heavy (non-hydrogen) atoms. The first-order chi connectivity index (χ1) is 7.00. The van der Waals surface area contributed by atoms with E-state index in [-0.39, 0.29) is 24.7 Å². The van der Waals surface area contributed by atoms with Crippen LogP contribution >= 0.6 is 0 Å². The SMILES string of the molecule is CC(C)OCC(=O)N1CCC(N)C(C)C1. The lowest BCUT2D eigenvalue weighted by atomic mass is 9.95. The van der Waals surface area contributed by atoms with Gasteiger partial charge in [0, 0.05) is 19.1 Å². The zero-order chi connectivity index (χ0) is 11.4. The van der Waals surface area contributed by atoms with Crippen molar-refractivity contribution < 1.29 is 9.53 Å². The fourth-order valence-electron chi connectivity index (χ4n) is 1.72. The Bertz CT molecular complexity index is 219. The van der Waals surface area contributed by atoms with E-state index < -0.39 is 0 Å². The van der Waals surface area contributed by atoms with Crippen LogP contribution in [-0.4, -0.2) is 42.6 Å². The lowest BCUT2D eigenvalue weighted by Gasteiger charge is -2.35. The Morgan fingerprint density at radius 1 is 1.60 bits per heavy atom. The van der Waals surface area contributed by atoms with E-state index in [0.717, 1.165) is 19.5 Å². The predicted molar refractivity (Wildman–Crippen MR) is 59.4 cm³/mol. The fourth-order valence-corrected chi connectivity index (χ4v) is 1.72. The summed E-state index contributed by atoms with van der Waals surface area (Å²) in [5.74, 6) is 0.476. The molecule has 88 valence electrons. The van der Waals surface area contributed by atoms with Crippen LogP contribution in [0.5, 0.6) is 0 Å². The molecular formula is C11H22N2O2. The number of carbonyl (C=O) groups is 1. The van der Waals surface area contributed by atoms with Gasteiger partial charge in [0.25, 0.3) is 0 Å². The van der Waals surface area contributed by atoms with Crippen molar-refractivity contribution in [2.24, 2.45) is 11.7 Å². The van der Waals surface area contributed by atoms with Crippen LogP contribution in [-0.2, 0) is 9.53 Å². The summed E-state index contributed by atoms with van der Waals surface area (Å²) < 4.78 is 5.30. The summed E-state index contributed by atoms with van der Waals surface area (Å²) in [4.78, 5) is 13.6. The van der Waals surface area contributed by atoms with E-state index in [1.54, 1.807) is 0 Å². The molecule has 4 nitrogen and oxygen atoms in total. The molecule has 0 bridgehead atoms. The van der Waals surface area contributed by atoms with E-state index in [4.69, 9.17) is 10.5 Å². The Hall–Kier alpha value is -0.610. The number of amides is 1. The molecule has 1 saturated heterocycles. The van der Waals surface area contributed by atoms with Crippen molar-refractivity contribution in [3.63, 3.8) is 0 Å². The van der Waals surface area contributed by atoms with Gasteiger partial charge in [0.15, 0.2) is 0 Å². The van der Waals surface area contributed by atoms with Crippen LogP contribution in [0, 0.1) is 5.92 Å². The highest BCUT2D eigenvalue weighted by atomic mass is 16.5. The van der Waals surface area contributed by atoms with Crippen molar-refractivity contribution in [2.45, 2.75) is 39.3 Å². The molecule has 1 aliphatic rings. The molecule has 4 heteroatoms. The number of likely N-dealkylation sites (tertiary alicyclic amines) is 1. The largest absolute Gasteiger partial charge is 0.369 e.